The fourth-order valence-corrected chi connectivity index (χ4v) is 3.83. The molecule has 1 heterocycles. The van der Waals surface area contributed by atoms with Crippen LogP contribution in [0.1, 0.15) is 31.1 Å². The van der Waals surface area contributed by atoms with E-state index in [2.05, 4.69) is 20.8 Å². The Hall–Kier alpha value is -3.66. The molecule has 0 saturated carbocycles. The topological polar surface area (TPSA) is 115 Å². The van der Waals surface area contributed by atoms with Gasteiger partial charge in [0.15, 0.2) is 11.0 Å². The number of carbonyl (C=O) groups excluding carboxylic acids is 3. The second-order valence-corrected chi connectivity index (χ2v) is 7.89. The number of ether oxygens (including phenoxy) is 1. The van der Waals surface area contributed by atoms with Gasteiger partial charge < -0.3 is 19.9 Å². The van der Waals surface area contributed by atoms with Crippen molar-refractivity contribution < 1.29 is 19.1 Å². The second-order valence-electron chi connectivity index (χ2n) is 6.94. The van der Waals surface area contributed by atoms with E-state index >= 15 is 0 Å². The quantitative estimate of drug-likeness (QED) is 0.363. The van der Waals surface area contributed by atoms with Gasteiger partial charge in [-0.05, 0) is 62.4 Å². The predicted molar refractivity (Wildman–Crippen MR) is 127 cm³/mol. The number of hydrogen-bond donors (Lipinski definition) is 2. The van der Waals surface area contributed by atoms with Gasteiger partial charge in [0.1, 0.15) is 0 Å². The highest BCUT2D eigenvalue weighted by atomic mass is 32.2. The first kappa shape index (κ1) is 24.0. The summed E-state index contributed by atoms with van der Waals surface area (Å²) in [5, 5.41) is 14.7. The third kappa shape index (κ3) is 6.42. The SMILES string of the molecule is CCOC(=O)c1ccc(NC(=O)CSc2nnc(-c3ccc(NC(C)=O)cc3)n2CC)cc1. The van der Waals surface area contributed by atoms with Crippen LogP contribution in [0.15, 0.2) is 53.7 Å². The average molecular weight is 468 g/mol. The molecule has 3 aromatic rings. The molecule has 2 aromatic carbocycles. The highest BCUT2D eigenvalue weighted by Gasteiger charge is 2.15. The molecular weight excluding hydrogens is 442 g/mol. The molecule has 10 heteroatoms. The number of anilines is 2. The lowest BCUT2D eigenvalue weighted by molar-refractivity contribution is -0.114. The van der Waals surface area contributed by atoms with Crippen molar-refractivity contribution in [1.82, 2.24) is 14.8 Å². The van der Waals surface area contributed by atoms with Crippen molar-refractivity contribution in [3.8, 4) is 11.4 Å². The Balaban J connectivity index is 1.61. The maximum absolute atomic E-state index is 12.4. The van der Waals surface area contributed by atoms with Gasteiger partial charge in [0.05, 0.1) is 17.9 Å². The van der Waals surface area contributed by atoms with Gasteiger partial charge in [-0.25, -0.2) is 4.79 Å². The zero-order valence-corrected chi connectivity index (χ0v) is 19.4. The Morgan fingerprint density at radius 1 is 0.939 bits per heavy atom. The van der Waals surface area contributed by atoms with E-state index in [4.69, 9.17) is 4.74 Å². The van der Waals surface area contributed by atoms with E-state index in [0.717, 1.165) is 5.56 Å². The van der Waals surface area contributed by atoms with Crippen molar-refractivity contribution in [1.29, 1.82) is 0 Å². The molecule has 1 aromatic heterocycles. The average Bonchev–Trinajstić information content (AvgIpc) is 3.21. The molecule has 0 aliphatic carbocycles. The number of carbonyl (C=O) groups is 3. The Kier molecular flexibility index (Phi) is 8.20. The van der Waals surface area contributed by atoms with Crippen molar-refractivity contribution in [3.63, 3.8) is 0 Å². The molecule has 0 saturated heterocycles. The summed E-state index contributed by atoms with van der Waals surface area (Å²) >= 11 is 1.29. The Labute approximate surface area is 195 Å². The minimum atomic E-state index is -0.398. The maximum atomic E-state index is 12.4. The van der Waals surface area contributed by atoms with Crippen molar-refractivity contribution >= 4 is 40.9 Å². The number of nitrogens with one attached hydrogen (secondary N) is 2. The molecule has 0 fully saturated rings. The maximum Gasteiger partial charge on any atom is 0.338 e. The molecule has 0 radical (unpaired) electrons. The van der Waals surface area contributed by atoms with Gasteiger partial charge in [-0.15, -0.1) is 10.2 Å². The molecule has 9 nitrogen and oxygen atoms in total. The number of thioether (sulfide) groups is 1. The van der Waals surface area contributed by atoms with Crippen molar-refractivity contribution in [2.75, 3.05) is 23.0 Å². The molecule has 0 atom stereocenters. The minimum absolute atomic E-state index is 0.133. The molecule has 2 amide bonds. The zero-order chi connectivity index (χ0) is 23.8. The fraction of sp³-hybridized carbons (Fsp3) is 0.261. The standard InChI is InChI=1S/C23H25N5O4S/c1-4-28-21(16-6-10-18(11-7-16)24-15(3)29)26-27-23(28)33-14-20(30)25-19-12-8-17(9-13-19)22(31)32-5-2/h6-13H,4-5,14H2,1-3H3,(H,24,29)(H,25,30). The van der Waals surface area contributed by atoms with Gasteiger partial charge in [-0.1, -0.05) is 11.8 Å². The Morgan fingerprint density at radius 3 is 2.18 bits per heavy atom. The van der Waals surface area contributed by atoms with Crippen molar-refractivity contribution in [2.45, 2.75) is 32.5 Å². The van der Waals surface area contributed by atoms with Gasteiger partial charge in [-0.2, -0.15) is 0 Å². The van der Waals surface area contributed by atoms with Crippen LogP contribution in [-0.4, -0.2) is 44.9 Å². The van der Waals surface area contributed by atoms with E-state index in [1.54, 1.807) is 43.3 Å². The summed E-state index contributed by atoms with van der Waals surface area (Å²) in [6, 6.07) is 13.9. The highest BCUT2D eigenvalue weighted by molar-refractivity contribution is 7.99. The van der Waals surface area contributed by atoms with Gasteiger partial charge in [0.25, 0.3) is 0 Å². The molecule has 33 heavy (non-hydrogen) atoms. The van der Waals surface area contributed by atoms with Crippen LogP contribution in [0.3, 0.4) is 0 Å². The number of benzene rings is 2. The second kappa shape index (κ2) is 11.3. The summed E-state index contributed by atoms with van der Waals surface area (Å²) in [6.07, 6.45) is 0. The summed E-state index contributed by atoms with van der Waals surface area (Å²) in [6.45, 7) is 6.12. The molecule has 172 valence electrons. The number of rotatable bonds is 9. The summed E-state index contributed by atoms with van der Waals surface area (Å²) in [5.41, 5.74) is 2.58. The monoisotopic (exact) mass is 467 g/mol. The number of nitrogens with zero attached hydrogens (tertiary/aromatic N) is 3. The van der Waals surface area contributed by atoms with Crippen LogP contribution in [0.2, 0.25) is 0 Å². The zero-order valence-electron chi connectivity index (χ0n) is 18.6. The van der Waals surface area contributed by atoms with Gasteiger partial charge >= 0.3 is 5.97 Å². The van der Waals surface area contributed by atoms with Crippen LogP contribution in [0.5, 0.6) is 0 Å². The summed E-state index contributed by atoms with van der Waals surface area (Å²) in [7, 11) is 0. The highest BCUT2D eigenvalue weighted by Crippen LogP contribution is 2.25. The van der Waals surface area contributed by atoms with Crippen molar-refractivity contribution in [3.05, 3.63) is 54.1 Å². The molecule has 0 bridgehead atoms. The molecule has 0 spiro atoms. The summed E-state index contributed by atoms with van der Waals surface area (Å²) < 4.78 is 6.88. The van der Waals surface area contributed by atoms with Gasteiger partial charge in [-0.3, -0.25) is 9.59 Å². The third-order valence-electron chi connectivity index (χ3n) is 4.51. The first-order valence-corrected chi connectivity index (χ1v) is 11.4. The van der Waals surface area contributed by atoms with E-state index in [9.17, 15) is 14.4 Å². The predicted octanol–water partition coefficient (Wildman–Crippen LogP) is 3.83. The summed E-state index contributed by atoms with van der Waals surface area (Å²) in [5.74, 6) is 0.107. The number of esters is 1. The smallest absolute Gasteiger partial charge is 0.338 e. The largest absolute Gasteiger partial charge is 0.462 e. The van der Waals surface area contributed by atoms with E-state index in [-0.39, 0.29) is 17.6 Å². The lowest BCUT2D eigenvalue weighted by Gasteiger charge is -2.09. The third-order valence-corrected chi connectivity index (χ3v) is 5.48. The Morgan fingerprint density at radius 2 is 1.58 bits per heavy atom. The lowest BCUT2D eigenvalue weighted by atomic mass is 10.2. The number of aromatic nitrogens is 3. The van der Waals surface area contributed by atoms with Crippen LogP contribution in [0.4, 0.5) is 11.4 Å². The molecular formula is C23H25N5O4S. The molecule has 2 N–H and O–H groups in total. The van der Waals surface area contributed by atoms with E-state index < -0.39 is 5.97 Å². The first-order valence-electron chi connectivity index (χ1n) is 10.4. The molecule has 0 unspecified atom stereocenters. The first-order chi connectivity index (χ1) is 15.9. The van der Waals surface area contributed by atoms with Gasteiger partial charge in [0, 0.05) is 30.4 Å². The molecule has 0 aliphatic rings. The fourth-order valence-electron chi connectivity index (χ4n) is 3.03. The van der Waals surface area contributed by atoms with Crippen LogP contribution < -0.4 is 10.6 Å². The van der Waals surface area contributed by atoms with Gasteiger partial charge in [0.2, 0.25) is 11.8 Å². The van der Waals surface area contributed by atoms with Crippen molar-refractivity contribution in [2.24, 2.45) is 0 Å². The van der Waals surface area contributed by atoms with E-state index in [1.165, 1.54) is 18.7 Å². The molecule has 3 rings (SSSR count). The Bertz CT molecular complexity index is 1130. The van der Waals surface area contributed by atoms with E-state index in [0.29, 0.717) is 41.1 Å². The molecule has 0 aliphatic heterocycles. The number of amides is 2. The van der Waals surface area contributed by atoms with Crippen LogP contribution in [-0.2, 0) is 20.9 Å². The van der Waals surface area contributed by atoms with Crippen LogP contribution in [0, 0.1) is 0 Å². The van der Waals surface area contributed by atoms with Crippen LogP contribution >= 0.6 is 11.8 Å². The summed E-state index contributed by atoms with van der Waals surface area (Å²) in [4.78, 5) is 35.3. The lowest BCUT2D eigenvalue weighted by Crippen LogP contribution is -2.15. The van der Waals surface area contributed by atoms with Crippen LogP contribution in [0.25, 0.3) is 11.4 Å². The number of hydrogen-bond acceptors (Lipinski definition) is 7. The minimum Gasteiger partial charge on any atom is -0.462 e. The van der Waals surface area contributed by atoms with E-state index in [1.807, 2.05) is 23.6 Å². The normalized spacial score (nSPS) is 10.5.